The van der Waals surface area contributed by atoms with Crippen LogP contribution in [0.3, 0.4) is 0 Å². The van der Waals surface area contributed by atoms with Crippen LogP contribution in [0.2, 0.25) is 5.02 Å². The fraction of sp³-hybridized carbons (Fsp3) is 0.467. The van der Waals surface area contributed by atoms with Gasteiger partial charge in [0.1, 0.15) is 6.04 Å². The Kier molecular flexibility index (Phi) is 8.30. The largest absolute Gasteiger partial charge is 0.454 e. The first-order valence-electron chi connectivity index (χ1n) is 7.56. The average molecular weight is 393 g/mol. The van der Waals surface area contributed by atoms with Crippen LogP contribution in [0, 0.1) is 0 Å². The van der Waals surface area contributed by atoms with E-state index >= 15 is 0 Å². The standard InChI is InChI=1S/C15H21ClN2O6S/c1-3-8-17-13(20)9-24-15(21)14(10(2)19)18-25(22,23)12-6-4-11(16)5-7-12/h4-7,10,14,18-19H,3,8-9H2,1-2H3,(H,17,20)/t10-,14+/m1/s1. The Hall–Kier alpha value is -1.68. The molecule has 2 atom stereocenters. The van der Waals surface area contributed by atoms with Crippen LogP contribution in [0.1, 0.15) is 20.3 Å². The van der Waals surface area contributed by atoms with Crippen molar-refractivity contribution in [3.05, 3.63) is 29.3 Å². The van der Waals surface area contributed by atoms with Crippen molar-refractivity contribution < 1.29 is 27.9 Å². The molecule has 0 bridgehead atoms. The van der Waals surface area contributed by atoms with E-state index < -0.39 is 40.7 Å². The number of ether oxygens (including phenoxy) is 1. The number of hydrogen-bond donors (Lipinski definition) is 3. The van der Waals surface area contributed by atoms with Gasteiger partial charge in [0.15, 0.2) is 6.61 Å². The van der Waals surface area contributed by atoms with Crippen molar-refractivity contribution in [2.24, 2.45) is 0 Å². The molecule has 1 aromatic carbocycles. The van der Waals surface area contributed by atoms with Gasteiger partial charge in [0, 0.05) is 11.6 Å². The number of halogens is 1. The van der Waals surface area contributed by atoms with E-state index in [0.29, 0.717) is 11.6 Å². The summed E-state index contributed by atoms with van der Waals surface area (Å²) in [6, 6.07) is 3.72. The summed E-state index contributed by atoms with van der Waals surface area (Å²) in [5.41, 5.74) is 0. The van der Waals surface area contributed by atoms with Crippen LogP contribution in [-0.4, -0.2) is 50.7 Å². The second kappa shape index (κ2) is 9.71. The van der Waals surface area contributed by atoms with E-state index in [0.717, 1.165) is 6.42 Å². The first-order chi connectivity index (χ1) is 11.7. The first-order valence-corrected chi connectivity index (χ1v) is 9.42. The van der Waals surface area contributed by atoms with Crippen LogP contribution in [0.5, 0.6) is 0 Å². The van der Waals surface area contributed by atoms with Gasteiger partial charge in [-0.15, -0.1) is 0 Å². The summed E-state index contributed by atoms with van der Waals surface area (Å²) in [5.74, 6) is -1.57. The van der Waals surface area contributed by atoms with Gasteiger partial charge in [0.2, 0.25) is 10.0 Å². The number of rotatable bonds is 9. The lowest BCUT2D eigenvalue weighted by Crippen LogP contribution is -2.49. The normalized spacial score (nSPS) is 13.8. The topological polar surface area (TPSA) is 122 Å². The third kappa shape index (κ3) is 6.99. The quantitative estimate of drug-likeness (QED) is 0.524. The van der Waals surface area contributed by atoms with Crippen molar-refractivity contribution >= 4 is 33.5 Å². The van der Waals surface area contributed by atoms with Crippen molar-refractivity contribution in [3.8, 4) is 0 Å². The Labute approximate surface area is 151 Å². The van der Waals surface area contributed by atoms with Gasteiger partial charge in [0.25, 0.3) is 5.91 Å². The molecule has 1 rings (SSSR count). The number of benzene rings is 1. The summed E-state index contributed by atoms with van der Waals surface area (Å²) in [4.78, 5) is 23.3. The van der Waals surface area contributed by atoms with Gasteiger partial charge in [-0.05, 0) is 37.6 Å². The number of esters is 1. The van der Waals surface area contributed by atoms with Crippen molar-refractivity contribution in [1.29, 1.82) is 0 Å². The highest BCUT2D eigenvalue weighted by molar-refractivity contribution is 7.89. The van der Waals surface area contributed by atoms with Crippen LogP contribution in [0.25, 0.3) is 0 Å². The van der Waals surface area contributed by atoms with Crippen LogP contribution < -0.4 is 10.0 Å². The number of hydrogen-bond acceptors (Lipinski definition) is 6. The first kappa shape index (κ1) is 21.4. The van der Waals surface area contributed by atoms with E-state index in [1.54, 1.807) is 0 Å². The van der Waals surface area contributed by atoms with E-state index in [9.17, 15) is 23.1 Å². The summed E-state index contributed by atoms with van der Waals surface area (Å²) >= 11 is 5.71. The minimum atomic E-state index is -4.09. The average Bonchev–Trinajstić information content (AvgIpc) is 2.55. The van der Waals surface area contributed by atoms with Gasteiger partial charge in [0.05, 0.1) is 11.0 Å². The lowest BCUT2D eigenvalue weighted by atomic mass is 10.2. The van der Waals surface area contributed by atoms with E-state index in [2.05, 4.69) is 10.0 Å². The molecule has 0 aliphatic heterocycles. The maximum Gasteiger partial charge on any atom is 0.327 e. The maximum absolute atomic E-state index is 12.3. The van der Waals surface area contributed by atoms with Crippen molar-refractivity contribution in [1.82, 2.24) is 10.0 Å². The third-order valence-corrected chi connectivity index (χ3v) is 4.77. The Bertz CT molecular complexity index is 690. The molecule has 1 aromatic rings. The molecule has 0 aromatic heterocycles. The van der Waals surface area contributed by atoms with Crippen LogP contribution in [0.4, 0.5) is 0 Å². The number of carbonyl (C=O) groups is 2. The zero-order valence-electron chi connectivity index (χ0n) is 13.9. The molecular weight excluding hydrogens is 372 g/mol. The summed E-state index contributed by atoms with van der Waals surface area (Å²) in [6.45, 7) is 2.96. The van der Waals surface area contributed by atoms with Crippen LogP contribution in [0.15, 0.2) is 29.2 Å². The Morgan fingerprint density at radius 1 is 1.28 bits per heavy atom. The second-order valence-electron chi connectivity index (χ2n) is 5.25. The molecule has 0 aliphatic rings. The number of amides is 1. The molecule has 140 valence electrons. The van der Waals surface area contributed by atoms with E-state index in [1.807, 2.05) is 6.92 Å². The number of aliphatic hydroxyl groups excluding tert-OH is 1. The summed E-state index contributed by atoms with van der Waals surface area (Å²) in [6.07, 6.45) is -0.648. The monoisotopic (exact) mass is 392 g/mol. The number of nitrogens with one attached hydrogen (secondary N) is 2. The molecule has 0 radical (unpaired) electrons. The summed E-state index contributed by atoms with van der Waals surface area (Å²) in [7, 11) is -4.09. The zero-order chi connectivity index (χ0) is 19.0. The second-order valence-corrected chi connectivity index (χ2v) is 7.40. The molecule has 0 fully saturated rings. The molecule has 0 saturated carbocycles. The Morgan fingerprint density at radius 2 is 1.88 bits per heavy atom. The van der Waals surface area contributed by atoms with Gasteiger partial charge >= 0.3 is 5.97 Å². The summed E-state index contributed by atoms with van der Waals surface area (Å²) < 4.78 is 31.4. The van der Waals surface area contributed by atoms with Crippen LogP contribution >= 0.6 is 11.6 Å². The third-order valence-electron chi connectivity index (χ3n) is 3.06. The molecule has 25 heavy (non-hydrogen) atoms. The fourth-order valence-corrected chi connectivity index (χ4v) is 3.12. The molecule has 0 saturated heterocycles. The smallest absolute Gasteiger partial charge is 0.327 e. The van der Waals surface area contributed by atoms with Gasteiger partial charge in [-0.2, -0.15) is 4.72 Å². The van der Waals surface area contributed by atoms with Gasteiger partial charge in [-0.1, -0.05) is 18.5 Å². The van der Waals surface area contributed by atoms with Crippen molar-refractivity contribution in [2.75, 3.05) is 13.2 Å². The number of sulfonamides is 1. The molecule has 3 N–H and O–H groups in total. The highest BCUT2D eigenvalue weighted by Gasteiger charge is 2.31. The van der Waals surface area contributed by atoms with Crippen molar-refractivity contribution in [3.63, 3.8) is 0 Å². The molecule has 0 heterocycles. The molecule has 0 aliphatic carbocycles. The molecule has 8 nitrogen and oxygen atoms in total. The zero-order valence-corrected chi connectivity index (χ0v) is 15.4. The minimum Gasteiger partial charge on any atom is -0.454 e. The molecule has 0 unspecified atom stereocenters. The molecule has 0 spiro atoms. The maximum atomic E-state index is 12.3. The number of aliphatic hydroxyl groups is 1. The van der Waals surface area contributed by atoms with E-state index in [1.165, 1.54) is 31.2 Å². The lowest BCUT2D eigenvalue weighted by molar-refractivity contribution is -0.152. The highest BCUT2D eigenvalue weighted by Crippen LogP contribution is 2.15. The lowest BCUT2D eigenvalue weighted by Gasteiger charge is -2.20. The fourth-order valence-electron chi connectivity index (χ4n) is 1.73. The molecule has 1 amide bonds. The van der Waals surface area contributed by atoms with E-state index in [-0.39, 0.29) is 4.90 Å². The Balaban J connectivity index is 2.77. The van der Waals surface area contributed by atoms with Crippen LogP contribution in [-0.2, 0) is 24.3 Å². The SMILES string of the molecule is CCCNC(=O)COC(=O)[C@@H](NS(=O)(=O)c1ccc(Cl)cc1)[C@@H](C)O. The highest BCUT2D eigenvalue weighted by atomic mass is 35.5. The molecular formula is C15H21ClN2O6S. The Morgan fingerprint density at radius 3 is 2.40 bits per heavy atom. The summed E-state index contributed by atoms with van der Waals surface area (Å²) in [5, 5.41) is 12.6. The predicted octanol–water partition coefficient (Wildman–Crippen LogP) is 0.437. The van der Waals surface area contributed by atoms with Gasteiger partial charge in [-0.25, -0.2) is 8.42 Å². The van der Waals surface area contributed by atoms with Crippen molar-refractivity contribution in [2.45, 2.75) is 37.3 Å². The van der Waals surface area contributed by atoms with Gasteiger partial charge in [-0.3, -0.25) is 9.59 Å². The van der Waals surface area contributed by atoms with E-state index in [4.69, 9.17) is 16.3 Å². The number of carbonyl (C=O) groups excluding carboxylic acids is 2. The molecule has 10 heteroatoms. The minimum absolute atomic E-state index is 0.129. The van der Waals surface area contributed by atoms with Gasteiger partial charge < -0.3 is 15.2 Å². The predicted molar refractivity (Wildman–Crippen MR) is 91.5 cm³/mol.